The zero-order valence-corrected chi connectivity index (χ0v) is 19.3. The van der Waals surface area contributed by atoms with Gasteiger partial charge in [0, 0.05) is 43.3 Å². The number of nitrogens with zero attached hydrogens (tertiary/aromatic N) is 2. The van der Waals surface area contributed by atoms with Crippen molar-refractivity contribution in [1.29, 1.82) is 0 Å². The zero-order valence-electron chi connectivity index (χ0n) is 17.0. The van der Waals surface area contributed by atoms with Gasteiger partial charge < -0.3 is 19.9 Å². The number of carbonyl (C=O) groups is 1. The third kappa shape index (κ3) is 5.18. The van der Waals surface area contributed by atoms with Crippen molar-refractivity contribution in [2.75, 3.05) is 33.3 Å². The summed E-state index contributed by atoms with van der Waals surface area (Å²) in [6.07, 6.45) is 4.64. The zero-order chi connectivity index (χ0) is 19.2. The lowest BCUT2D eigenvalue weighted by molar-refractivity contribution is -0.146. The first kappa shape index (κ1) is 22.5. The van der Waals surface area contributed by atoms with Crippen LogP contribution in [0.5, 0.6) is 0 Å². The van der Waals surface area contributed by atoms with E-state index in [0.29, 0.717) is 0 Å². The number of nitrogens with one attached hydrogen (secondary N) is 2. The van der Waals surface area contributed by atoms with Crippen LogP contribution in [-0.4, -0.2) is 55.1 Å². The van der Waals surface area contributed by atoms with Crippen LogP contribution in [0.2, 0.25) is 0 Å². The van der Waals surface area contributed by atoms with Gasteiger partial charge in [0.2, 0.25) is 0 Å². The molecule has 1 aliphatic heterocycles. The van der Waals surface area contributed by atoms with Crippen LogP contribution >= 0.6 is 24.0 Å². The molecule has 1 aromatic carbocycles. The molecule has 154 valence electrons. The fourth-order valence-corrected chi connectivity index (χ4v) is 3.85. The topological polar surface area (TPSA) is 69.7 Å². The van der Waals surface area contributed by atoms with E-state index >= 15 is 0 Å². The summed E-state index contributed by atoms with van der Waals surface area (Å²) in [5.74, 6) is 0.868. The number of aromatic nitrogens is 1. The van der Waals surface area contributed by atoms with Gasteiger partial charge in [0.05, 0.1) is 13.0 Å². The van der Waals surface area contributed by atoms with Gasteiger partial charge in [-0.25, -0.2) is 0 Å². The Morgan fingerprint density at radius 3 is 2.79 bits per heavy atom. The minimum absolute atomic E-state index is 0. The van der Waals surface area contributed by atoms with Crippen LogP contribution in [0.3, 0.4) is 0 Å². The molecule has 0 amide bonds. The average molecular weight is 498 g/mol. The highest BCUT2D eigenvalue weighted by atomic mass is 127. The van der Waals surface area contributed by atoms with Gasteiger partial charge in [-0.15, -0.1) is 24.0 Å². The van der Waals surface area contributed by atoms with Crippen LogP contribution in [0.15, 0.2) is 29.4 Å². The van der Waals surface area contributed by atoms with Crippen molar-refractivity contribution in [3.05, 3.63) is 35.5 Å². The predicted octanol–water partition coefficient (Wildman–Crippen LogP) is 3.49. The number of carbonyl (C=O) groups excluding carboxylic acids is 1. The number of aromatic amines is 1. The summed E-state index contributed by atoms with van der Waals surface area (Å²) in [5, 5.41) is 4.71. The van der Waals surface area contributed by atoms with Gasteiger partial charge in [-0.1, -0.05) is 12.1 Å². The van der Waals surface area contributed by atoms with Gasteiger partial charge in [0.1, 0.15) is 0 Å². The lowest BCUT2D eigenvalue weighted by atomic mass is 9.97. The highest BCUT2D eigenvalue weighted by Crippen LogP contribution is 2.22. The number of aryl methyl sites for hydroxylation is 1. The number of hydrogen-bond acceptors (Lipinski definition) is 3. The Kier molecular flexibility index (Phi) is 8.59. The first-order valence-electron chi connectivity index (χ1n) is 9.80. The van der Waals surface area contributed by atoms with Crippen molar-refractivity contribution < 1.29 is 9.53 Å². The number of aliphatic imine (C=N–C) groups is 1. The molecule has 1 aromatic heterocycles. The summed E-state index contributed by atoms with van der Waals surface area (Å²) in [5.41, 5.74) is 3.79. The molecule has 2 heterocycles. The highest BCUT2D eigenvalue weighted by molar-refractivity contribution is 14.0. The first-order valence-corrected chi connectivity index (χ1v) is 9.80. The number of fused-ring (bicyclic) bond motifs is 1. The molecule has 2 aromatic rings. The molecule has 3 rings (SSSR count). The quantitative estimate of drug-likeness (QED) is 0.287. The molecule has 6 nitrogen and oxygen atoms in total. The van der Waals surface area contributed by atoms with E-state index in [9.17, 15) is 4.79 Å². The second kappa shape index (κ2) is 10.7. The van der Waals surface area contributed by atoms with E-state index in [1.807, 2.05) is 0 Å². The SMILES string of the molecule is CCNC(=NCCc1c[nH]c2cccc(C)c12)N1CCC(C(=O)OC)CC1.I. The maximum Gasteiger partial charge on any atom is 0.308 e. The number of hydrogen-bond donors (Lipinski definition) is 2. The molecule has 0 saturated carbocycles. The van der Waals surface area contributed by atoms with Crippen LogP contribution in [0.1, 0.15) is 30.9 Å². The van der Waals surface area contributed by atoms with Crippen molar-refractivity contribution in [2.24, 2.45) is 10.9 Å². The number of esters is 1. The Hall–Kier alpha value is -1.77. The smallest absolute Gasteiger partial charge is 0.308 e. The number of guanidine groups is 1. The van der Waals surface area contributed by atoms with Crippen LogP contribution < -0.4 is 5.32 Å². The number of ether oxygens (including phenoxy) is 1. The number of methoxy groups -OCH3 is 1. The molecule has 0 radical (unpaired) electrons. The molecule has 2 N–H and O–H groups in total. The number of halogens is 1. The van der Waals surface area contributed by atoms with E-state index in [-0.39, 0.29) is 35.9 Å². The molecule has 28 heavy (non-hydrogen) atoms. The Bertz CT molecular complexity index is 810. The van der Waals surface area contributed by atoms with Gasteiger partial charge in [-0.05, 0) is 50.3 Å². The molecule has 1 aliphatic rings. The lowest BCUT2D eigenvalue weighted by Gasteiger charge is -2.33. The molecule has 7 heteroatoms. The molecule has 0 atom stereocenters. The van der Waals surface area contributed by atoms with Crippen molar-refractivity contribution in [3.63, 3.8) is 0 Å². The van der Waals surface area contributed by atoms with E-state index < -0.39 is 0 Å². The predicted molar refractivity (Wildman–Crippen MR) is 124 cm³/mol. The summed E-state index contributed by atoms with van der Waals surface area (Å²) >= 11 is 0. The van der Waals surface area contributed by atoms with Crippen LogP contribution in [0.25, 0.3) is 10.9 Å². The number of H-pyrrole nitrogens is 1. The summed E-state index contributed by atoms with van der Waals surface area (Å²) in [7, 11) is 1.46. The highest BCUT2D eigenvalue weighted by Gasteiger charge is 2.26. The molecule has 0 bridgehead atoms. The van der Waals surface area contributed by atoms with Gasteiger partial charge in [0.15, 0.2) is 5.96 Å². The van der Waals surface area contributed by atoms with Crippen molar-refractivity contribution in [2.45, 2.75) is 33.1 Å². The largest absolute Gasteiger partial charge is 0.469 e. The number of piperidine rings is 1. The lowest BCUT2D eigenvalue weighted by Crippen LogP contribution is -2.46. The van der Waals surface area contributed by atoms with Crippen molar-refractivity contribution >= 4 is 46.8 Å². The minimum atomic E-state index is -0.0914. The first-order chi connectivity index (χ1) is 13.1. The maximum atomic E-state index is 11.7. The fraction of sp³-hybridized carbons (Fsp3) is 0.524. The number of benzene rings is 1. The third-order valence-corrected chi connectivity index (χ3v) is 5.30. The van der Waals surface area contributed by atoms with Crippen molar-refractivity contribution in [3.8, 4) is 0 Å². The Morgan fingerprint density at radius 1 is 1.36 bits per heavy atom. The van der Waals surface area contributed by atoms with Gasteiger partial charge in [-0.3, -0.25) is 9.79 Å². The third-order valence-electron chi connectivity index (χ3n) is 5.30. The molecule has 1 fully saturated rings. The van der Waals surface area contributed by atoms with E-state index in [2.05, 4.69) is 53.4 Å². The standard InChI is InChI=1S/C21H30N4O2.HI/c1-4-22-21(25-12-9-16(10-13-25)20(26)27-3)23-11-8-17-14-24-18-7-5-6-15(2)19(17)18;/h5-7,14,16,24H,4,8-13H2,1-3H3,(H,22,23);1H. The second-order valence-corrected chi connectivity index (χ2v) is 7.08. The van der Waals surface area contributed by atoms with Crippen LogP contribution in [0.4, 0.5) is 0 Å². The summed E-state index contributed by atoms with van der Waals surface area (Å²) in [6, 6.07) is 6.35. The van der Waals surface area contributed by atoms with Gasteiger partial charge in [0.25, 0.3) is 0 Å². The molecular formula is C21H31IN4O2. The average Bonchev–Trinajstić information content (AvgIpc) is 3.11. The van der Waals surface area contributed by atoms with Crippen molar-refractivity contribution in [1.82, 2.24) is 15.2 Å². The molecule has 1 saturated heterocycles. The maximum absolute atomic E-state index is 11.7. The van der Waals surface area contributed by atoms with Crippen LogP contribution in [-0.2, 0) is 16.0 Å². The van der Waals surface area contributed by atoms with Gasteiger partial charge >= 0.3 is 5.97 Å². The number of likely N-dealkylation sites (tertiary alicyclic amines) is 1. The van der Waals surface area contributed by atoms with Crippen LogP contribution in [0, 0.1) is 12.8 Å². The normalized spacial score (nSPS) is 15.4. The summed E-state index contributed by atoms with van der Waals surface area (Å²) in [6.45, 7) is 7.47. The number of rotatable bonds is 5. The fourth-order valence-electron chi connectivity index (χ4n) is 3.85. The van der Waals surface area contributed by atoms with E-state index in [0.717, 1.165) is 51.4 Å². The molecule has 0 spiro atoms. The Morgan fingerprint density at radius 2 is 2.11 bits per heavy atom. The second-order valence-electron chi connectivity index (χ2n) is 7.08. The van der Waals surface area contributed by atoms with E-state index in [1.54, 1.807) is 0 Å². The summed E-state index contributed by atoms with van der Waals surface area (Å²) in [4.78, 5) is 22.2. The summed E-state index contributed by atoms with van der Waals surface area (Å²) < 4.78 is 4.88. The monoisotopic (exact) mass is 498 g/mol. The molecular weight excluding hydrogens is 467 g/mol. The van der Waals surface area contributed by atoms with Gasteiger partial charge in [-0.2, -0.15) is 0 Å². The van der Waals surface area contributed by atoms with E-state index in [4.69, 9.17) is 9.73 Å². The minimum Gasteiger partial charge on any atom is -0.469 e. The molecule has 0 aliphatic carbocycles. The Labute approximate surface area is 184 Å². The van der Waals surface area contributed by atoms with E-state index in [1.165, 1.54) is 29.1 Å². The Balaban J connectivity index is 0.00000280. The molecule has 0 unspecified atom stereocenters.